The topological polar surface area (TPSA) is 46.1 Å². The molecule has 0 saturated heterocycles. The molecule has 4 nitrogen and oxygen atoms in total. The summed E-state index contributed by atoms with van der Waals surface area (Å²) in [5.74, 6) is 1.09. The first-order chi connectivity index (χ1) is 10.8. The van der Waals surface area contributed by atoms with E-state index in [4.69, 9.17) is 11.6 Å². The van der Waals surface area contributed by atoms with E-state index in [1.165, 1.54) is 38.5 Å². The molecule has 0 atom stereocenters. The van der Waals surface area contributed by atoms with Gasteiger partial charge in [0.2, 0.25) is 5.91 Å². The third-order valence-electron chi connectivity index (χ3n) is 5.00. The van der Waals surface area contributed by atoms with E-state index < -0.39 is 0 Å². The van der Waals surface area contributed by atoms with E-state index in [9.17, 15) is 4.79 Å². The molecule has 1 heterocycles. The molecule has 0 aromatic carbocycles. The maximum atomic E-state index is 13.1. The summed E-state index contributed by atoms with van der Waals surface area (Å²) in [5.41, 5.74) is 0. The largest absolute Gasteiger partial charge is 0.292 e. The zero-order chi connectivity index (χ0) is 15.4. The van der Waals surface area contributed by atoms with Crippen molar-refractivity contribution in [3.05, 3.63) is 17.3 Å². The van der Waals surface area contributed by atoms with Crippen LogP contribution in [-0.4, -0.2) is 22.1 Å². The van der Waals surface area contributed by atoms with Crippen LogP contribution in [0.5, 0.6) is 0 Å². The van der Waals surface area contributed by atoms with E-state index in [0.717, 1.165) is 25.7 Å². The molecular weight excluding hydrogens is 298 g/mol. The van der Waals surface area contributed by atoms with Gasteiger partial charge in [-0.3, -0.25) is 9.69 Å². The number of carbonyl (C=O) groups excluding carboxylic acids is 1. The molecular formula is C17H24ClN3O. The van der Waals surface area contributed by atoms with Gasteiger partial charge in [0.15, 0.2) is 11.0 Å². The first kappa shape index (κ1) is 15.7. The van der Waals surface area contributed by atoms with Gasteiger partial charge in [0.25, 0.3) is 0 Å². The van der Waals surface area contributed by atoms with Crippen molar-refractivity contribution in [3.63, 3.8) is 0 Å². The van der Waals surface area contributed by atoms with E-state index in [-0.39, 0.29) is 17.9 Å². The molecule has 0 radical (unpaired) electrons. The van der Waals surface area contributed by atoms with E-state index in [1.54, 1.807) is 6.07 Å². The van der Waals surface area contributed by atoms with Gasteiger partial charge in [0.05, 0.1) is 0 Å². The third kappa shape index (κ3) is 3.60. The Bertz CT molecular complexity index is 493. The molecule has 5 heteroatoms. The molecule has 2 aliphatic carbocycles. The molecule has 3 rings (SSSR count). The third-order valence-corrected chi connectivity index (χ3v) is 5.20. The Morgan fingerprint density at radius 2 is 1.59 bits per heavy atom. The molecule has 2 saturated carbocycles. The Hall–Kier alpha value is -1.16. The number of carbonyl (C=O) groups is 1. The molecule has 0 N–H and O–H groups in total. The van der Waals surface area contributed by atoms with Gasteiger partial charge in [-0.15, -0.1) is 10.2 Å². The first-order valence-corrected chi connectivity index (χ1v) is 8.96. The van der Waals surface area contributed by atoms with Crippen LogP contribution in [0.1, 0.15) is 64.2 Å². The lowest BCUT2D eigenvalue weighted by Gasteiger charge is -2.36. The monoisotopic (exact) mass is 321 g/mol. The van der Waals surface area contributed by atoms with E-state index in [0.29, 0.717) is 11.0 Å². The van der Waals surface area contributed by atoms with E-state index in [1.807, 2.05) is 11.0 Å². The fourth-order valence-electron chi connectivity index (χ4n) is 3.80. The van der Waals surface area contributed by atoms with Gasteiger partial charge in [0, 0.05) is 12.0 Å². The summed E-state index contributed by atoms with van der Waals surface area (Å²) >= 11 is 5.85. The van der Waals surface area contributed by atoms with Crippen LogP contribution in [0.25, 0.3) is 0 Å². The molecule has 1 amide bonds. The SMILES string of the molecule is O=C(C1CCCCC1)N(c1ccc(Cl)nn1)C1CCCCC1. The summed E-state index contributed by atoms with van der Waals surface area (Å²) in [6, 6.07) is 3.84. The second-order valence-corrected chi connectivity index (χ2v) is 6.94. The number of halogens is 1. The molecule has 1 aromatic rings. The van der Waals surface area contributed by atoms with Crippen molar-refractivity contribution in [2.45, 2.75) is 70.3 Å². The van der Waals surface area contributed by atoms with Gasteiger partial charge in [0.1, 0.15) is 0 Å². The molecule has 22 heavy (non-hydrogen) atoms. The highest BCUT2D eigenvalue weighted by Crippen LogP contribution is 2.32. The average molecular weight is 322 g/mol. The van der Waals surface area contributed by atoms with Crippen molar-refractivity contribution in [3.8, 4) is 0 Å². The Labute approximate surface area is 137 Å². The number of hydrogen-bond donors (Lipinski definition) is 0. The second-order valence-electron chi connectivity index (χ2n) is 6.55. The summed E-state index contributed by atoms with van der Waals surface area (Å²) < 4.78 is 0. The standard InChI is InChI=1S/C17H24ClN3O/c18-15-11-12-16(20-19-15)21(14-9-5-2-6-10-14)17(22)13-7-3-1-4-8-13/h11-14H,1-10H2. The summed E-state index contributed by atoms with van der Waals surface area (Å²) in [5, 5.41) is 8.51. The Morgan fingerprint density at radius 1 is 0.955 bits per heavy atom. The molecule has 2 aliphatic rings. The van der Waals surface area contributed by atoms with Crippen LogP contribution in [0.2, 0.25) is 5.15 Å². The van der Waals surface area contributed by atoms with Crippen LogP contribution in [-0.2, 0) is 4.79 Å². The molecule has 1 aromatic heterocycles. The van der Waals surface area contributed by atoms with Crippen LogP contribution in [0.4, 0.5) is 5.82 Å². The van der Waals surface area contributed by atoms with Crippen molar-refractivity contribution in [1.29, 1.82) is 0 Å². The maximum absolute atomic E-state index is 13.1. The van der Waals surface area contributed by atoms with Gasteiger partial charge in [-0.25, -0.2) is 0 Å². The highest BCUT2D eigenvalue weighted by Gasteiger charge is 2.33. The number of amides is 1. The second kappa shape index (κ2) is 7.40. The van der Waals surface area contributed by atoms with Gasteiger partial charge in [-0.1, -0.05) is 50.1 Å². The molecule has 0 unspecified atom stereocenters. The van der Waals surface area contributed by atoms with Crippen LogP contribution in [0, 0.1) is 5.92 Å². The highest BCUT2D eigenvalue weighted by molar-refractivity contribution is 6.29. The fourth-order valence-corrected chi connectivity index (χ4v) is 3.90. The van der Waals surface area contributed by atoms with Gasteiger partial charge < -0.3 is 0 Å². The number of anilines is 1. The lowest BCUT2D eigenvalue weighted by atomic mass is 9.86. The molecule has 0 spiro atoms. The van der Waals surface area contributed by atoms with Crippen molar-refractivity contribution < 1.29 is 4.79 Å². The smallest absolute Gasteiger partial charge is 0.231 e. The van der Waals surface area contributed by atoms with Gasteiger partial charge in [-0.2, -0.15) is 0 Å². The molecule has 120 valence electrons. The van der Waals surface area contributed by atoms with Gasteiger partial charge >= 0.3 is 0 Å². The average Bonchev–Trinajstić information content (AvgIpc) is 2.58. The van der Waals surface area contributed by atoms with Crippen molar-refractivity contribution in [1.82, 2.24) is 10.2 Å². The zero-order valence-corrected chi connectivity index (χ0v) is 13.8. The molecule has 0 bridgehead atoms. The minimum absolute atomic E-state index is 0.160. The van der Waals surface area contributed by atoms with Crippen LogP contribution in [0.15, 0.2) is 12.1 Å². The zero-order valence-electron chi connectivity index (χ0n) is 13.0. The summed E-state index contributed by atoms with van der Waals surface area (Å²) in [7, 11) is 0. The number of hydrogen-bond acceptors (Lipinski definition) is 3. The maximum Gasteiger partial charge on any atom is 0.231 e. The van der Waals surface area contributed by atoms with Crippen molar-refractivity contribution >= 4 is 23.3 Å². The summed E-state index contributed by atoms with van der Waals surface area (Å²) in [4.78, 5) is 15.1. The molecule has 2 fully saturated rings. The lowest BCUT2D eigenvalue weighted by Crippen LogP contribution is -2.45. The predicted octanol–water partition coefficient (Wildman–Crippen LogP) is 4.38. The van der Waals surface area contributed by atoms with Crippen LogP contribution < -0.4 is 4.90 Å². The van der Waals surface area contributed by atoms with Gasteiger partial charge in [-0.05, 0) is 37.8 Å². The fraction of sp³-hybridized carbons (Fsp3) is 0.706. The quantitative estimate of drug-likeness (QED) is 0.830. The number of rotatable bonds is 3. The Balaban J connectivity index is 1.84. The Morgan fingerprint density at radius 3 is 2.18 bits per heavy atom. The first-order valence-electron chi connectivity index (χ1n) is 8.58. The minimum Gasteiger partial charge on any atom is -0.292 e. The highest BCUT2D eigenvalue weighted by atomic mass is 35.5. The summed E-state index contributed by atoms with van der Waals surface area (Å²) in [6.45, 7) is 0. The normalized spacial score (nSPS) is 20.8. The number of aromatic nitrogens is 2. The summed E-state index contributed by atoms with van der Waals surface area (Å²) in [6.07, 6.45) is 11.4. The van der Waals surface area contributed by atoms with E-state index >= 15 is 0 Å². The van der Waals surface area contributed by atoms with Crippen LogP contribution in [0.3, 0.4) is 0 Å². The predicted molar refractivity (Wildman–Crippen MR) is 88.0 cm³/mol. The number of nitrogens with zero attached hydrogens (tertiary/aromatic N) is 3. The van der Waals surface area contributed by atoms with Crippen molar-refractivity contribution in [2.75, 3.05) is 4.90 Å². The van der Waals surface area contributed by atoms with E-state index in [2.05, 4.69) is 10.2 Å². The minimum atomic E-state index is 0.160. The molecule has 0 aliphatic heterocycles. The lowest BCUT2D eigenvalue weighted by molar-refractivity contribution is -0.124. The van der Waals surface area contributed by atoms with Crippen molar-refractivity contribution in [2.24, 2.45) is 5.92 Å². The van der Waals surface area contributed by atoms with Crippen LogP contribution >= 0.6 is 11.6 Å². The Kier molecular flexibility index (Phi) is 5.29.